The molecule has 1 N–H and O–H groups in total. The van der Waals surface area contributed by atoms with Crippen molar-refractivity contribution >= 4 is 23.6 Å². The van der Waals surface area contributed by atoms with Crippen LogP contribution in [0.15, 0.2) is 53.9 Å². The molecule has 0 unspecified atom stereocenters. The third-order valence-corrected chi connectivity index (χ3v) is 4.83. The molecule has 1 aliphatic heterocycles. The number of ether oxygens (including phenoxy) is 1. The zero-order valence-corrected chi connectivity index (χ0v) is 12.5. The number of thiazole rings is 1. The summed E-state index contributed by atoms with van der Waals surface area (Å²) in [6.45, 7) is 0. The second kappa shape index (κ2) is 4.72. The Bertz CT molecular complexity index is 836. The summed E-state index contributed by atoms with van der Waals surface area (Å²) in [5, 5.41) is 11.9. The third kappa shape index (κ3) is 1.89. The van der Waals surface area contributed by atoms with Crippen LogP contribution in [-0.4, -0.2) is 9.67 Å². The van der Waals surface area contributed by atoms with Crippen molar-refractivity contribution in [2.24, 2.45) is 0 Å². The van der Waals surface area contributed by atoms with Gasteiger partial charge in [0.2, 0.25) is 5.88 Å². The highest BCUT2D eigenvalue weighted by Crippen LogP contribution is 2.46. The van der Waals surface area contributed by atoms with E-state index in [1.807, 2.05) is 48.5 Å². The van der Waals surface area contributed by atoms with E-state index >= 15 is 0 Å². The molecular weight excluding hydrogens is 302 g/mol. The van der Waals surface area contributed by atoms with E-state index in [9.17, 15) is 5.11 Å². The number of hydrogen-bond donors (Lipinski definition) is 1. The highest BCUT2D eigenvalue weighted by molar-refractivity contribution is 7.73. The molecule has 0 saturated carbocycles. The van der Waals surface area contributed by atoms with E-state index in [1.54, 1.807) is 9.95 Å². The van der Waals surface area contributed by atoms with Gasteiger partial charge in [-0.15, -0.1) is 11.3 Å². The molecule has 4 rings (SSSR count). The van der Waals surface area contributed by atoms with E-state index in [0.29, 0.717) is 3.95 Å². The van der Waals surface area contributed by atoms with Gasteiger partial charge in [-0.25, -0.2) is 0 Å². The first-order valence-electron chi connectivity index (χ1n) is 6.50. The second-order valence-electron chi connectivity index (χ2n) is 4.81. The number of aromatic nitrogens is 1. The van der Waals surface area contributed by atoms with Crippen LogP contribution >= 0.6 is 23.6 Å². The number of nitrogens with zero attached hydrogens (tertiary/aromatic N) is 1. The fraction of sp³-hybridized carbons (Fsp3) is 0.0625. The van der Waals surface area contributed by atoms with Gasteiger partial charge in [0.05, 0.1) is 11.4 Å². The Kier molecular flexibility index (Phi) is 2.83. The van der Waals surface area contributed by atoms with Crippen LogP contribution in [0.25, 0.3) is 0 Å². The smallest absolute Gasteiger partial charge is 0.203 e. The number of fused-ring (bicyclic) bond motifs is 2. The highest BCUT2D eigenvalue weighted by atomic mass is 32.1. The summed E-state index contributed by atoms with van der Waals surface area (Å²) in [5.74, 6) is 1.78. The molecule has 0 spiro atoms. The lowest BCUT2D eigenvalue weighted by molar-refractivity contribution is 0.389. The van der Waals surface area contributed by atoms with E-state index in [1.165, 1.54) is 11.3 Å². The average molecular weight is 313 g/mol. The van der Waals surface area contributed by atoms with Crippen molar-refractivity contribution in [2.45, 2.75) is 6.04 Å². The van der Waals surface area contributed by atoms with Crippen LogP contribution in [0.3, 0.4) is 0 Å². The molecule has 104 valence electrons. The number of para-hydroxylation sites is 2. The van der Waals surface area contributed by atoms with E-state index in [4.69, 9.17) is 17.0 Å². The minimum atomic E-state index is -0.162. The van der Waals surface area contributed by atoms with Gasteiger partial charge in [-0.1, -0.05) is 36.4 Å². The largest absolute Gasteiger partial charge is 0.494 e. The minimum absolute atomic E-state index is 0.162. The third-order valence-electron chi connectivity index (χ3n) is 3.61. The number of benzene rings is 2. The monoisotopic (exact) mass is 313 g/mol. The van der Waals surface area contributed by atoms with Gasteiger partial charge in [-0.3, -0.25) is 4.57 Å². The lowest BCUT2D eigenvalue weighted by Gasteiger charge is -2.29. The van der Waals surface area contributed by atoms with Gasteiger partial charge in [0.25, 0.3) is 0 Å². The van der Waals surface area contributed by atoms with Crippen molar-refractivity contribution in [3.05, 3.63) is 69.0 Å². The first-order chi connectivity index (χ1) is 10.3. The lowest BCUT2D eigenvalue weighted by Crippen LogP contribution is -2.17. The second-order valence-corrected chi connectivity index (χ2v) is 6.31. The van der Waals surface area contributed by atoms with Crippen molar-refractivity contribution in [3.8, 4) is 17.4 Å². The molecule has 0 fully saturated rings. The van der Waals surface area contributed by atoms with E-state index in [0.717, 1.165) is 22.6 Å². The van der Waals surface area contributed by atoms with Crippen LogP contribution < -0.4 is 4.74 Å². The SMILES string of the molecule is Oc1csc(=S)n1C1c2ccccc2Oc2ccccc21. The molecule has 0 radical (unpaired) electrons. The van der Waals surface area contributed by atoms with Crippen LogP contribution in [0, 0.1) is 3.95 Å². The molecule has 0 saturated heterocycles. The Morgan fingerprint density at radius 1 is 1.00 bits per heavy atom. The van der Waals surface area contributed by atoms with Crippen molar-refractivity contribution in [1.82, 2.24) is 4.57 Å². The fourth-order valence-electron chi connectivity index (χ4n) is 2.71. The standard InChI is InChI=1S/C16H11NO2S2/c18-14-9-21-16(20)17(14)15-10-5-1-3-7-12(10)19-13-8-4-2-6-11(13)15/h1-9,15,18H. The van der Waals surface area contributed by atoms with Gasteiger partial charge >= 0.3 is 0 Å². The number of aromatic hydroxyl groups is 1. The summed E-state index contributed by atoms with van der Waals surface area (Å²) < 4.78 is 8.38. The molecule has 2 heterocycles. The first kappa shape index (κ1) is 12.6. The summed E-state index contributed by atoms with van der Waals surface area (Å²) in [5.41, 5.74) is 2.00. The molecule has 1 aromatic heterocycles. The van der Waals surface area contributed by atoms with Gasteiger partial charge in [0, 0.05) is 11.1 Å². The summed E-state index contributed by atoms with van der Waals surface area (Å²) in [7, 11) is 0. The topological polar surface area (TPSA) is 34.4 Å². The average Bonchev–Trinajstić information content (AvgIpc) is 2.84. The van der Waals surface area contributed by atoms with Crippen molar-refractivity contribution in [1.29, 1.82) is 0 Å². The van der Waals surface area contributed by atoms with Gasteiger partial charge in [-0.05, 0) is 24.4 Å². The zero-order chi connectivity index (χ0) is 14.4. The predicted octanol–water partition coefficient (Wildman–Crippen LogP) is 4.73. The van der Waals surface area contributed by atoms with Gasteiger partial charge in [-0.2, -0.15) is 0 Å². The zero-order valence-electron chi connectivity index (χ0n) is 10.9. The van der Waals surface area contributed by atoms with Crippen molar-refractivity contribution in [2.75, 3.05) is 0 Å². The number of rotatable bonds is 1. The van der Waals surface area contributed by atoms with Gasteiger partial charge in [0.1, 0.15) is 11.5 Å². The molecule has 1 aliphatic rings. The Hall–Kier alpha value is -2.11. The molecule has 21 heavy (non-hydrogen) atoms. The van der Waals surface area contributed by atoms with E-state index in [-0.39, 0.29) is 11.9 Å². The van der Waals surface area contributed by atoms with Gasteiger partial charge in [0.15, 0.2) is 3.95 Å². The van der Waals surface area contributed by atoms with Crippen LogP contribution in [0.2, 0.25) is 0 Å². The van der Waals surface area contributed by atoms with E-state index < -0.39 is 0 Å². The quantitative estimate of drug-likeness (QED) is 0.516. The maximum absolute atomic E-state index is 10.2. The van der Waals surface area contributed by atoms with Crippen LogP contribution in [0.4, 0.5) is 0 Å². The molecule has 2 aromatic carbocycles. The maximum atomic E-state index is 10.2. The normalized spacial score (nSPS) is 13.3. The lowest BCUT2D eigenvalue weighted by atomic mass is 9.94. The summed E-state index contributed by atoms with van der Waals surface area (Å²) in [4.78, 5) is 0. The molecular formula is C16H11NO2S2. The molecule has 3 nitrogen and oxygen atoms in total. The van der Waals surface area contributed by atoms with Crippen LogP contribution in [0.1, 0.15) is 17.2 Å². The summed E-state index contributed by atoms with van der Waals surface area (Å²) in [6.07, 6.45) is 0. The number of hydrogen-bond acceptors (Lipinski definition) is 4. The molecule has 0 bridgehead atoms. The fourth-order valence-corrected chi connectivity index (χ4v) is 3.69. The summed E-state index contributed by atoms with van der Waals surface area (Å²) in [6, 6.07) is 15.5. The first-order valence-corrected chi connectivity index (χ1v) is 7.79. The van der Waals surface area contributed by atoms with Crippen LogP contribution in [-0.2, 0) is 0 Å². The maximum Gasteiger partial charge on any atom is 0.203 e. The molecule has 0 aliphatic carbocycles. The Labute approximate surface area is 130 Å². The highest BCUT2D eigenvalue weighted by Gasteiger charge is 2.30. The van der Waals surface area contributed by atoms with Crippen molar-refractivity contribution in [3.63, 3.8) is 0 Å². The van der Waals surface area contributed by atoms with Crippen molar-refractivity contribution < 1.29 is 9.84 Å². The van der Waals surface area contributed by atoms with Crippen LogP contribution in [0.5, 0.6) is 17.4 Å². The Morgan fingerprint density at radius 2 is 1.57 bits per heavy atom. The molecule has 0 atom stereocenters. The van der Waals surface area contributed by atoms with E-state index in [2.05, 4.69) is 0 Å². The molecule has 0 amide bonds. The Morgan fingerprint density at radius 3 is 2.10 bits per heavy atom. The molecule has 3 aromatic rings. The molecule has 5 heteroatoms. The minimum Gasteiger partial charge on any atom is -0.494 e. The predicted molar refractivity (Wildman–Crippen MR) is 85.0 cm³/mol. The van der Waals surface area contributed by atoms with Gasteiger partial charge < -0.3 is 9.84 Å². The Balaban J connectivity index is 2.04. The summed E-state index contributed by atoms with van der Waals surface area (Å²) >= 11 is 6.75.